The largest absolute Gasteiger partial charge is 0.373 e. The standard InChI is InChI=1S/C14H25N5O/c1-7-16-14(20)10(5)17-13-9(4)12(15-6)18-11(19-13)8(2)3/h8,10H,7H2,1-6H3,(H,16,20)(H2,15,17,18,19). The van der Waals surface area contributed by atoms with Crippen LogP contribution < -0.4 is 16.0 Å². The number of carbonyl (C=O) groups is 1. The molecule has 0 bridgehead atoms. The van der Waals surface area contributed by atoms with Gasteiger partial charge in [0, 0.05) is 25.1 Å². The Morgan fingerprint density at radius 3 is 2.30 bits per heavy atom. The number of rotatable bonds is 6. The second-order valence-electron chi connectivity index (χ2n) is 5.07. The Balaban J connectivity index is 3.04. The van der Waals surface area contributed by atoms with Crippen molar-refractivity contribution in [1.82, 2.24) is 15.3 Å². The molecule has 0 aliphatic rings. The van der Waals surface area contributed by atoms with Gasteiger partial charge in [-0.2, -0.15) is 0 Å². The van der Waals surface area contributed by atoms with E-state index < -0.39 is 0 Å². The Labute approximate surface area is 120 Å². The van der Waals surface area contributed by atoms with Crippen molar-refractivity contribution in [2.75, 3.05) is 24.2 Å². The smallest absolute Gasteiger partial charge is 0.242 e. The van der Waals surface area contributed by atoms with Crippen molar-refractivity contribution in [3.63, 3.8) is 0 Å². The van der Waals surface area contributed by atoms with Crippen LogP contribution in [-0.2, 0) is 4.79 Å². The van der Waals surface area contributed by atoms with Gasteiger partial charge in [-0.05, 0) is 20.8 Å². The van der Waals surface area contributed by atoms with Crippen molar-refractivity contribution in [1.29, 1.82) is 0 Å². The second kappa shape index (κ2) is 7.07. The molecule has 6 heteroatoms. The molecule has 1 atom stereocenters. The van der Waals surface area contributed by atoms with Crippen molar-refractivity contribution < 1.29 is 4.79 Å². The van der Waals surface area contributed by atoms with Crippen LogP contribution in [0.1, 0.15) is 45.0 Å². The molecule has 0 aromatic carbocycles. The van der Waals surface area contributed by atoms with E-state index >= 15 is 0 Å². The molecule has 0 spiro atoms. The van der Waals surface area contributed by atoms with Gasteiger partial charge in [0.1, 0.15) is 23.5 Å². The van der Waals surface area contributed by atoms with Crippen LogP contribution in [0.25, 0.3) is 0 Å². The molecule has 20 heavy (non-hydrogen) atoms. The predicted octanol–water partition coefficient (Wildman–Crippen LogP) is 1.89. The lowest BCUT2D eigenvalue weighted by atomic mass is 10.2. The number of anilines is 2. The molecule has 1 aromatic rings. The number of likely N-dealkylation sites (N-methyl/N-ethyl adjacent to an activating group) is 1. The van der Waals surface area contributed by atoms with E-state index in [1.165, 1.54) is 0 Å². The summed E-state index contributed by atoms with van der Waals surface area (Å²) in [5.41, 5.74) is 0.910. The van der Waals surface area contributed by atoms with Crippen LogP contribution in [0.3, 0.4) is 0 Å². The van der Waals surface area contributed by atoms with Gasteiger partial charge in [-0.3, -0.25) is 4.79 Å². The molecule has 0 aliphatic heterocycles. The topological polar surface area (TPSA) is 78.9 Å². The van der Waals surface area contributed by atoms with Gasteiger partial charge in [0.15, 0.2) is 0 Å². The normalized spacial score (nSPS) is 12.2. The maximum absolute atomic E-state index is 11.8. The summed E-state index contributed by atoms with van der Waals surface area (Å²) in [6.07, 6.45) is 0. The molecule has 0 fully saturated rings. The van der Waals surface area contributed by atoms with E-state index in [4.69, 9.17) is 0 Å². The Bertz CT molecular complexity index is 473. The van der Waals surface area contributed by atoms with E-state index in [0.717, 1.165) is 17.2 Å². The van der Waals surface area contributed by atoms with Gasteiger partial charge in [-0.15, -0.1) is 0 Å². The van der Waals surface area contributed by atoms with Gasteiger partial charge >= 0.3 is 0 Å². The van der Waals surface area contributed by atoms with E-state index in [2.05, 4.69) is 25.9 Å². The van der Waals surface area contributed by atoms with Crippen LogP contribution in [0.2, 0.25) is 0 Å². The fraction of sp³-hybridized carbons (Fsp3) is 0.643. The third-order valence-corrected chi connectivity index (χ3v) is 3.01. The average molecular weight is 279 g/mol. The Morgan fingerprint density at radius 2 is 1.80 bits per heavy atom. The highest BCUT2D eigenvalue weighted by atomic mass is 16.2. The summed E-state index contributed by atoms with van der Waals surface area (Å²) in [4.78, 5) is 20.8. The number of carbonyl (C=O) groups excluding carboxylic acids is 1. The average Bonchev–Trinajstić information content (AvgIpc) is 2.40. The van der Waals surface area contributed by atoms with Crippen LogP contribution in [0, 0.1) is 6.92 Å². The highest BCUT2D eigenvalue weighted by Gasteiger charge is 2.17. The summed E-state index contributed by atoms with van der Waals surface area (Å²) in [5.74, 6) is 2.43. The van der Waals surface area contributed by atoms with Crippen LogP contribution in [0.5, 0.6) is 0 Å². The lowest BCUT2D eigenvalue weighted by molar-refractivity contribution is -0.121. The molecule has 1 rings (SSSR count). The van der Waals surface area contributed by atoms with Crippen LogP contribution in [0.15, 0.2) is 0 Å². The molecule has 1 unspecified atom stereocenters. The third kappa shape index (κ3) is 3.82. The molecule has 0 saturated heterocycles. The third-order valence-electron chi connectivity index (χ3n) is 3.01. The molecule has 1 heterocycles. The first-order valence-electron chi connectivity index (χ1n) is 7.01. The first-order valence-corrected chi connectivity index (χ1v) is 7.01. The first kappa shape index (κ1) is 16.2. The summed E-state index contributed by atoms with van der Waals surface area (Å²) >= 11 is 0. The minimum absolute atomic E-state index is 0.0392. The monoisotopic (exact) mass is 279 g/mol. The maximum Gasteiger partial charge on any atom is 0.242 e. The van der Waals surface area contributed by atoms with Crippen molar-refractivity contribution in [3.8, 4) is 0 Å². The number of amides is 1. The zero-order chi connectivity index (χ0) is 15.3. The van der Waals surface area contributed by atoms with E-state index in [0.29, 0.717) is 12.4 Å². The maximum atomic E-state index is 11.8. The molecular formula is C14H25N5O. The summed E-state index contributed by atoms with van der Waals surface area (Å²) in [7, 11) is 1.83. The summed E-state index contributed by atoms with van der Waals surface area (Å²) in [6.45, 7) is 10.4. The Hall–Kier alpha value is -1.85. The van der Waals surface area contributed by atoms with Crippen LogP contribution >= 0.6 is 0 Å². The predicted molar refractivity (Wildman–Crippen MR) is 82.2 cm³/mol. The summed E-state index contributed by atoms with van der Waals surface area (Å²) in [6, 6.07) is -0.340. The Morgan fingerprint density at radius 1 is 1.20 bits per heavy atom. The van der Waals surface area contributed by atoms with Gasteiger partial charge in [0.05, 0.1) is 0 Å². The molecule has 0 radical (unpaired) electrons. The van der Waals surface area contributed by atoms with Crippen LogP contribution in [-0.4, -0.2) is 35.5 Å². The fourth-order valence-electron chi connectivity index (χ4n) is 1.77. The SMILES string of the molecule is CCNC(=O)C(C)Nc1nc(C(C)C)nc(NC)c1C. The number of nitrogens with one attached hydrogen (secondary N) is 3. The lowest BCUT2D eigenvalue weighted by Gasteiger charge is -2.18. The zero-order valence-corrected chi connectivity index (χ0v) is 13.2. The van der Waals surface area contributed by atoms with Crippen molar-refractivity contribution >= 4 is 17.5 Å². The summed E-state index contributed by atoms with van der Waals surface area (Å²) < 4.78 is 0. The number of nitrogens with zero attached hydrogens (tertiary/aromatic N) is 2. The lowest BCUT2D eigenvalue weighted by Crippen LogP contribution is -2.37. The first-order chi connectivity index (χ1) is 9.40. The van der Waals surface area contributed by atoms with Gasteiger partial charge in [-0.1, -0.05) is 13.8 Å². The minimum atomic E-state index is -0.340. The quantitative estimate of drug-likeness (QED) is 0.741. The molecule has 112 valence electrons. The van der Waals surface area contributed by atoms with Crippen molar-refractivity contribution in [2.45, 2.75) is 46.6 Å². The molecule has 0 saturated carbocycles. The minimum Gasteiger partial charge on any atom is -0.373 e. The molecule has 1 amide bonds. The number of hydrogen-bond acceptors (Lipinski definition) is 5. The Kier molecular flexibility index (Phi) is 5.73. The van der Waals surface area contributed by atoms with Gasteiger partial charge in [-0.25, -0.2) is 9.97 Å². The van der Waals surface area contributed by atoms with E-state index in [9.17, 15) is 4.79 Å². The summed E-state index contributed by atoms with van der Waals surface area (Å²) in [5, 5.41) is 9.02. The van der Waals surface area contributed by atoms with Crippen molar-refractivity contribution in [3.05, 3.63) is 11.4 Å². The molecule has 6 nitrogen and oxygen atoms in total. The molecule has 1 aromatic heterocycles. The number of aromatic nitrogens is 2. The van der Waals surface area contributed by atoms with Crippen LogP contribution in [0.4, 0.5) is 11.6 Å². The zero-order valence-electron chi connectivity index (χ0n) is 13.2. The van der Waals surface area contributed by atoms with E-state index in [1.54, 1.807) is 0 Å². The number of hydrogen-bond donors (Lipinski definition) is 3. The fourth-order valence-corrected chi connectivity index (χ4v) is 1.77. The highest BCUT2D eigenvalue weighted by molar-refractivity contribution is 5.84. The second-order valence-corrected chi connectivity index (χ2v) is 5.07. The van der Waals surface area contributed by atoms with Gasteiger partial charge in [0.2, 0.25) is 5.91 Å². The van der Waals surface area contributed by atoms with E-state index in [-0.39, 0.29) is 17.9 Å². The van der Waals surface area contributed by atoms with E-state index in [1.807, 2.05) is 41.7 Å². The molecule has 3 N–H and O–H groups in total. The van der Waals surface area contributed by atoms with Gasteiger partial charge < -0.3 is 16.0 Å². The van der Waals surface area contributed by atoms with Gasteiger partial charge in [0.25, 0.3) is 0 Å². The molecular weight excluding hydrogens is 254 g/mol. The highest BCUT2D eigenvalue weighted by Crippen LogP contribution is 2.23. The van der Waals surface area contributed by atoms with Crippen molar-refractivity contribution in [2.24, 2.45) is 0 Å². The molecule has 0 aliphatic carbocycles.